The molecule has 0 amide bonds. The topological polar surface area (TPSA) is 41.6 Å². The first-order valence-corrected chi connectivity index (χ1v) is 8.35. The van der Waals surface area contributed by atoms with E-state index in [9.17, 15) is 4.79 Å². The summed E-state index contributed by atoms with van der Waals surface area (Å²) in [4.78, 5) is 15.0. The Hall–Kier alpha value is -2.07. The molecule has 3 atom stereocenters. The van der Waals surface area contributed by atoms with Gasteiger partial charge in [0.15, 0.2) is 0 Å². The van der Waals surface area contributed by atoms with Gasteiger partial charge in [-0.25, -0.2) is 4.79 Å². The van der Waals surface area contributed by atoms with Gasteiger partial charge in [0.25, 0.3) is 0 Å². The predicted octanol–water partition coefficient (Wildman–Crippen LogP) is 2.44. The summed E-state index contributed by atoms with van der Waals surface area (Å²) in [6.45, 7) is 2.10. The SMILES string of the molecule is COC(=O)C1=C2Nc3ccccc3C23CCN2CC=CC(C1)C23. The van der Waals surface area contributed by atoms with E-state index < -0.39 is 0 Å². The summed E-state index contributed by atoms with van der Waals surface area (Å²) >= 11 is 0. The van der Waals surface area contributed by atoms with Crippen molar-refractivity contribution >= 4 is 11.7 Å². The molecule has 118 valence electrons. The van der Waals surface area contributed by atoms with Gasteiger partial charge in [-0.15, -0.1) is 0 Å². The van der Waals surface area contributed by atoms with Gasteiger partial charge in [-0.1, -0.05) is 30.4 Å². The lowest BCUT2D eigenvalue weighted by molar-refractivity contribution is -0.136. The summed E-state index contributed by atoms with van der Waals surface area (Å²) in [7, 11) is 1.48. The van der Waals surface area contributed by atoms with Crippen LogP contribution in [0.4, 0.5) is 5.69 Å². The van der Waals surface area contributed by atoms with Crippen LogP contribution >= 0.6 is 0 Å². The zero-order chi connectivity index (χ0) is 15.6. The molecule has 4 heteroatoms. The molecule has 5 rings (SSSR count). The van der Waals surface area contributed by atoms with Gasteiger partial charge in [-0.3, -0.25) is 4.90 Å². The molecular weight excluding hydrogens is 288 g/mol. The van der Waals surface area contributed by atoms with Crippen LogP contribution in [0.2, 0.25) is 0 Å². The Kier molecular flexibility index (Phi) is 2.61. The maximum atomic E-state index is 12.4. The van der Waals surface area contributed by atoms with Crippen LogP contribution in [0, 0.1) is 5.92 Å². The fourth-order valence-corrected chi connectivity index (χ4v) is 5.34. The summed E-state index contributed by atoms with van der Waals surface area (Å²) in [5.41, 5.74) is 4.36. The Morgan fingerprint density at radius 3 is 3.13 bits per heavy atom. The number of methoxy groups -OCH3 is 1. The van der Waals surface area contributed by atoms with E-state index in [4.69, 9.17) is 4.74 Å². The Labute approximate surface area is 135 Å². The van der Waals surface area contributed by atoms with E-state index in [1.54, 1.807) is 0 Å². The van der Waals surface area contributed by atoms with Crippen LogP contribution in [-0.2, 0) is 14.9 Å². The van der Waals surface area contributed by atoms with Gasteiger partial charge in [0, 0.05) is 30.5 Å². The fraction of sp³-hybridized carbons (Fsp3) is 0.421. The lowest BCUT2D eigenvalue weighted by Gasteiger charge is -2.46. The lowest BCUT2D eigenvalue weighted by Crippen LogP contribution is -2.52. The smallest absolute Gasteiger partial charge is 0.335 e. The van der Waals surface area contributed by atoms with Crippen molar-refractivity contribution in [3.05, 3.63) is 53.3 Å². The van der Waals surface area contributed by atoms with Gasteiger partial charge in [0.2, 0.25) is 0 Å². The molecule has 23 heavy (non-hydrogen) atoms. The summed E-state index contributed by atoms with van der Waals surface area (Å²) in [5, 5.41) is 3.58. The number of esters is 1. The molecule has 1 aromatic carbocycles. The van der Waals surface area contributed by atoms with E-state index >= 15 is 0 Å². The second-order valence-electron chi connectivity index (χ2n) is 6.97. The number of hydrogen-bond acceptors (Lipinski definition) is 4. The molecule has 3 unspecified atom stereocenters. The zero-order valence-electron chi connectivity index (χ0n) is 13.2. The van der Waals surface area contributed by atoms with Gasteiger partial charge < -0.3 is 10.1 Å². The second-order valence-corrected chi connectivity index (χ2v) is 6.97. The number of anilines is 1. The highest BCUT2D eigenvalue weighted by Crippen LogP contribution is 2.59. The largest absolute Gasteiger partial charge is 0.466 e. The van der Waals surface area contributed by atoms with Gasteiger partial charge >= 0.3 is 5.97 Å². The van der Waals surface area contributed by atoms with Crippen LogP contribution in [0.1, 0.15) is 18.4 Å². The average molecular weight is 308 g/mol. The van der Waals surface area contributed by atoms with E-state index in [0.29, 0.717) is 12.0 Å². The highest BCUT2D eigenvalue weighted by atomic mass is 16.5. The minimum atomic E-state index is -0.185. The van der Waals surface area contributed by atoms with Crippen molar-refractivity contribution in [3.63, 3.8) is 0 Å². The fourth-order valence-electron chi connectivity index (χ4n) is 5.34. The number of benzene rings is 1. The maximum absolute atomic E-state index is 12.4. The molecule has 1 spiro atoms. The molecule has 3 aliphatic heterocycles. The maximum Gasteiger partial charge on any atom is 0.335 e. The number of nitrogens with zero attached hydrogens (tertiary/aromatic N) is 1. The Morgan fingerprint density at radius 1 is 1.39 bits per heavy atom. The molecule has 1 fully saturated rings. The van der Waals surface area contributed by atoms with Crippen molar-refractivity contribution in [2.75, 3.05) is 25.5 Å². The Bertz CT molecular complexity index is 766. The van der Waals surface area contributed by atoms with Crippen LogP contribution in [-0.4, -0.2) is 37.1 Å². The number of carbonyl (C=O) groups excluding carboxylic acids is 1. The van der Waals surface area contributed by atoms with Crippen molar-refractivity contribution < 1.29 is 9.53 Å². The molecule has 1 N–H and O–H groups in total. The summed E-state index contributed by atoms with van der Waals surface area (Å²) in [5.74, 6) is 0.201. The molecule has 3 heterocycles. The molecule has 1 aromatic rings. The zero-order valence-corrected chi connectivity index (χ0v) is 13.2. The van der Waals surface area contributed by atoms with E-state index in [0.717, 1.165) is 42.9 Å². The molecule has 0 saturated carbocycles. The standard InChI is InChI=1S/C19H20N2O2/c1-23-18(22)13-11-12-5-4-9-21-10-8-19(17(12)21)14-6-2-3-7-15(14)20-16(13)19/h2-7,12,17,20H,8-11H2,1H3. The minimum Gasteiger partial charge on any atom is -0.466 e. The molecule has 4 aliphatic rings. The van der Waals surface area contributed by atoms with Gasteiger partial charge in [-0.2, -0.15) is 0 Å². The normalized spacial score (nSPS) is 33.8. The molecule has 1 saturated heterocycles. The number of hydrogen-bond donors (Lipinski definition) is 1. The summed E-state index contributed by atoms with van der Waals surface area (Å²) in [6, 6.07) is 8.98. The van der Waals surface area contributed by atoms with Crippen LogP contribution in [0.5, 0.6) is 0 Å². The lowest BCUT2D eigenvalue weighted by atomic mass is 9.63. The molecule has 1 aliphatic carbocycles. The van der Waals surface area contributed by atoms with Crippen molar-refractivity contribution in [2.45, 2.75) is 24.3 Å². The predicted molar refractivity (Wildman–Crippen MR) is 88.0 cm³/mol. The number of nitrogens with one attached hydrogen (secondary N) is 1. The number of rotatable bonds is 1. The molecule has 4 nitrogen and oxygen atoms in total. The third-order valence-corrected chi connectivity index (χ3v) is 6.11. The average Bonchev–Trinajstić information content (AvgIpc) is 3.14. The first-order valence-electron chi connectivity index (χ1n) is 8.35. The number of fused-ring (bicyclic) bond motifs is 1. The number of para-hydroxylation sites is 1. The Balaban J connectivity index is 1.79. The van der Waals surface area contributed by atoms with E-state index in [1.807, 2.05) is 0 Å². The highest BCUT2D eigenvalue weighted by Gasteiger charge is 2.60. The second kappa shape index (κ2) is 4.48. The van der Waals surface area contributed by atoms with Gasteiger partial charge in [0.1, 0.15) is 0 Å². The van der Waals surface area contributed by atoms with Crippen LogP contribution in [0.25, 0.3) is 0 Å². The quantitative estimate of drug-likeness (QED) is 0.639. The van der Waals surface area contributed by atoms with Crippen molar-refractivity contribution in [3.8, 4) is 0 Å². The van der Waals surface area contributed by atoms with Crippen molar-refractivity contribution in [2.24, 2.45) is 5.92 Å². The first-order chi connectivity index (χ1) is 11.3. The highest BCUT2D eigenvalue weighted by molar-refractivity contribution is 5.93. The third-order valence-electron chi connectivity index (χ3n) is 6.11. The summed E-state index contributed by atoms with van der Waals surface area (Å²) < 4.78 is 5.11. The minimum absolute atomic E-state index is 0.0756. The molecule has 0 aromatic heterocycles. The summed E-state index contributed by atoms with van der Waals surface area (Å²) in [6.07, 6.45) is 6.40. The van der Waals surface area contributed by atoms with Crippen LogP contribution in [0.15, 0.2) is 47.7 Å². The van der Waals surface area contributed by atoms with Crippen molar-refractivity contribution in [1.82, 2.24) is 4.90 Å². The van der Waals surface area contributed by atoms with E-state index in [-0.39, 0.29) is 11.4 Å². The Morgan fingerprint density at radius 2 is 2.26 bits per heavy atom. The molecule has 0 radical (unpaired) electrons. The molecular formula is C19H20N2O2. The molecule has 0 bridgehead atoms. The van der Waals surface area contributed by atoms with Gasteiger partial charge in [-0.05, 0) is 30.4 Å². The number of carbonyl (C=O) groups is 1. The van der Waals surface area contributed by atoms with E-state index in [1.165, 1.54) is 12.7 Å². The van der Waals surface area contributed by atoms with E-state index in [2.05, 4.69) is 46.6 Å². The first kappa shape index (κ1) is 13.4. The third kappa shape index (κ3) is 1.52. The van der Waals surface area contributed by atoms with Crippen molar-refractivity contribution in [1.29, 1.82) is 0 Å². The monoisotopic (exact) mass is 308 g/mol. The number of ether oxygens (including phenoxy) is 1. The van der Waals surface area contributed by atoms with Crippen LogP contribution < -0.4 is 5.32 Å². The van der Waals surface area contributed by atoms with Gasteiger partial charge in [0.05, 0.1) is 18.1 Å². The van der Waals surface area contributed by atoms with Crippen LogP contribution in [0.3, 0.4) is 0 Å².